The third-order valence-electron chi connectivity index (χ3n) is 9.14. The first-order valence-electron chi connectivity index (χ1n) is 10.7. The van der Waals surface area contributed by atoms with E-state index in [1.807, 2.05) is 0 Å². The van der Waals surface area contributed by atoms with Crippen molar-refractivity contribution >= 4 is 25.1 Å². The maximum Gasteiger partial charge on any atom is 0.263 e. The van der Waals surface area contributed by atoms with E-state index in [0.29, 0.717) is 0 Å². The van der Waals surface area contributed by atoms with Gasteiger partial charge in [-0.15, -0.1) is 0 Å². The highest BCUT2D eigenvalue weighted by molar-refractivity contribution is 6.81. The zero-order valence-corrected chi connectivity index (χ0v) is 20.3. The van der Waals surface area contributed by atoms with Gasteiger partial charge in [0.2, 0.25) is 0 Å². The summed E-state index contributed by atoms with van der Waals surface area (Å²) in [6, 6.07) is 13.6. The summed E-state index contributed by atoms with van der Waals surface area (Å²) in [5, 5.41) is 0. The van der Waals surface area contributed by atoms with Crippen LogP contribution in [-0.2, 0) is 10.8 Å². The molecule has 3 aromatic rings. The van der Waals surface area contributed by atoms with Gasteiger partial charge in [-0.25, -0.2) is 4.98 Å². The van der Waals surface area contributed by atoms with E-state index in [9.17, 15) is 0 Å². The van der Waals surface area contributed by atoms with Gasteiger partial charge in [-0.1, -0.05) is 53.7 Å². The van der Waals surface area contributed by atoms with Crippen molar-refractivity contribution in [2.75, 3.05) is 11.6 Å². The molecule has 2 aliphatic rings. The van der Waals surface area contributed by atoms with Crippen molar-refractivity contribution in [2.24, 2.45) is 5.41 Å². The second-order valence-corrected chi connectivity index (χ2v) is 15.2. The summed E-state index contributed by atoms with van der Waals surface area (Å²) in [6.45, 7) is 19.4. The van der Waals surface area contributed by atoms with E-state index in [4.69, 9.17) is 4.98 Å². The van der Waals surface area contributed by atoms with Crippen molar-refractivity contribution in [2.45, 2.75) is 65.5 Å². The molecule has 0 amide bonds. The third-order valence-corrected chi connectivity index (χ3v) is 12.6. The summed E-state index contributed by atoms with van der Waals surface area (Å²) in [6.07, 6.45) is 0. The van der Waals surface area contributed by atoms with E-state index in [1.54, 1.807) is 0 Å². The number of fused-ring (bicyclic) bond motifs is 6. The SMILES string of the molecule is CN1c2ccccc2-c2nc3cc4c(cc3n2[Si]1(C)C)C(C)(C)C(C)(C)C4(C)C. The van der Waals surface area contributed by atoms with Gasteiger partial charge in [0.05, 0.1) is 11.0 Å². The molecule has 2 aromatic carbocycles. The van der Waals surface area contributed by atoms with Crippen LogP contribution in [0.3, 0.4) is 0 Å². The van der Waals surface area contributed by atoms with Gasteiger partial charge in [0, 0.05) is 11.3 Å². The molecule has 152 valence electrons. The molecule has 1 aliphatic heterocycles. The minimum Gasteiger partial charge on any atom is -0.383 e. The molecule has 4 heteroatoms. The predicted octanol–water partition coefficient (Wildman–Crippen LogP) is 6.30. The molecule has 0 fully saturated rings. The van der Waals surface area contributed by atoms with Crippen LogP contribution in [0.2, 0.25) is 13.1 Å². The standard InChI is InChI=1S/C25H33N3Si/c1-23(2)17-14-19-21(15-18(17)24(3,4)25(23,5)6)28-22(26-19)16-12-10-11-13-20(16)27(7)29(28,8)9/h10-15H,1-9H3. The third kappa shape index (κ3) is 1.96. The maximum atomic E-state index is 5.23. The Labute approximate surface area is 175 Å². The Morgan fingerprint density at radius 3 is 2.10 bits per heavy atom. The normalized spacial score (nSPS) is 22.3. The van der Waals surface area contributed by atoms with Gasteiger partial charge in [0.15, 0.2) is 0 Å². The molecule has 29 heavy (non-hydrogen) atoms. The Hall–Kier alpha value is -2.07. The Morgan fingerprint density at radius 1 is 0.862 bits per heavy atom. The minimum absolute atomic E-state index is 0.103. The van der Waals surface area contributed by atoms with E-state index >= 15 is 0 Å². The van der Waals surface area contributed by atoms with E-state index in [2.05, 4.69) is 107 Å². The maximum absolute atomic E-state index is 5.23. The van der Waals surface area contributed by atoms with Crippen molar-refractivity contribution in [3.05, 3.63) is 47.5 Å². The number of benzene rings is 2. The molecule has 0 spiro atoms. The van der Waals surface area contributed by atoms with Gasteiger partial charge in [0.1, 0.15) is 5.82 Å². The molecule has 0 N–H and O–H groups in total. The Kier molecular flexibility index (Phi) is 3.36. The average molecular weight is 404 g/mol. The topological polar surface area (TPSA) is 21.1 Å². The molecule has 0 saturated heterocycles. The van der Waals surface area contributed by atoms with Crippen LogP contribution < -0.4 is 4.57 Å². The zero-order valence-electron chi connectivity index (χ0n) is 19.3. The predicted molar refractivity (Wildman–Crippen MR) is 126 cm³/mol. The minimum atomic E-state index is -1.94. The van der Waals surface area contributed by atoms with Crippen molar-refractivity contribution in [1.29, 1.82) is 0 Å². The summed E-state index contributed by atoms with van der Waals surface area (Å²) in [7, 11) is 0.312. The summed E-state index contributed by atoms with van der Waals surface area (Å²) >= 11 is 0. The highest BCUT2D eigenvalue weighted by Gasteiger charge is 2.57. The van der Waals surface area contributed by atoms with Crippen molar-refractivity contribution in [3.8, 4) is 11.4 Å². The van der Waals surface area contributed by atoms with E-state index in [-0.39, 0.29) is 16.2 Å². The van der Waals surface area contributed by atoms with Crippen molar-refractivity contribution in [3.63, 3.8) is 0 Å². The molecule has 1 aliphatic carbocycles. The van der Waals surface area contributed by atoms with Crippen LogP contribution in [-0.4, -0.2) is 24.7 Å². The largest absolute Gasteiger partial charge is 0.383 e. The monoisotopic (exact) mass is 403 g/mol. The second-order valence-electron chi connectivity index (χ2n) is 11.1. The molecule has 0 radical (unpaired) electrons. The van der Waals surface area contributed by atoms with Crippen LogP contribution in [0.1, 0.15) is 52.7 Å². The summed E-state index contributed by atoms with van der Waals surface area (Å²) in [5.74, 6) is 1.14. The van der Waals surface area contributed by atoms with Crippen LogP contribution in [0.4, 0.5) is 5.69 Å². The Balaban J connectivity index is 1.90. The number of imidazole rings is 1. The van der Waals surface area contributed by atoms with E-state index in [1.165, 1.54) is 27.9 Å². The van der Waals surface area contributed by atoms with E-state index < -0.39 is 8.40 Å². The number of nitrogens with zero attached hydrogens (tertiary/aromatic N) is 3. The fourth-order valence-corrected chi connectivity index (χ4v) is 8.29. The van der Waals surface area contributed by atoms with Crippen molar-refractivity contribution in [1.82, 2.24) is 9.22 Å². The summed E-state index contributed by atoms with van der Waals surface area (Å²) in [4.78, 5) is 5.23. The smallest absolute Gasteiger partial charge is 0.263 e. The van der Waals surface area contributed by atoms with Gasteiger partial charge in [-0.05, 0) is 71.8 Å². The lowest BCUT2D eigenvalue weighted by Crippen LogP contribution is -2.55. The average Bonchev–Trinajstić information content (AvgIpc) is 3.08. The lowest BCUT2D eigenvalue weighted by atomic mass is 9.59. The molecule has 0 saturated carbocycles. The van der Waals surface area contributed by atoms with Crippen LogP contribution >= 0.6 is 0 Å². The Bertz CT molecular complexity index is 1180. The van der Waals surface area contributed by atoms with Crippen LogP contribution in [0.5, 0.6) is 0 Å². The molecule has 1 aromatic heterocycles. The number of anilines is 1. The molecular weight excluding hydrogens is 370 g/mol. The van der Waals surface area contributed by atoms with Gasteiger partial charge in [0.25, 0.3) is 8.40 Å². The first kappa shape index (κ1) is 18.9. The number of hydrogen-bond donors (Lipinski definition) is 0. The fraction of sp³-hybridized carbons (Fsp3) is 0.480. The van der Waals surface area contributed by atoms with Crippen LogP contribution in [0, 0.1) is 5.41 Å². The lowest BCUT2D eigenvalue weighted by Gasteiger charge is -2.44. The van der Waals surface area contributed by atoms with Gasteiger partial charge in [-0.3, -0.25) is 0 Å². The highest BCUT2D eigenvalue weighted by atomic mass is 28.3. The molecule has 0 bridgehead atoms. The second kappa shape index (κ2) is 5.15. The first-order valence-corrected chi connectivity index (χ1v) is 13.6. The molecule has 0 atom stereocenters. The van der Waals surface area contributed by atoms with Gasteiger partial charge in [-0.2, -0.15) is 0 Å². The molecule has 5 rings (SSSR count). The van der Waals surface area contributed by atoms with E-state index in [0.717, 1.165) is 11.3 Å². The number of hydrogen-bond acceptors (Lipinski definition) is 2. The summed E-state index contributed by atoms with van der Waals surface area (Å²) in [5.41, 5.74) is 8.34. The lowest BCUT2D eigenvalue weighted by molar-refractivity contribution is 0.125. The highest BCUT2D eigenvalue weighted by Crippen LogP contribution is 2.62. The number of aromatic nitrogens is 2. The fourth-order valence-electron chi connectivity index (χ4n) is 5.75. The molecule has 0 unspecified atom stereocenters. The first-order chi connectivity index (χ1) is 13.3. The summed E-state index contributed by atoms with van der Waals surface area (Å²) < 4.78 is 5.10. The number of para-hydroxylation sites is 1. The molecule has 2 heterocycles. The van der Waals surface area contributed by atoms with Gasteiger partial charge >= 0.3 is 0 Å². The molecular formula is C25H33N3Si. The van der Waals surface area contributed by atoms with Crippen LogP contribution in [0.25, 0.3) is 22.4 Å². The quantitative estimate of drug-likeness (QED) is 0.411. The zero-order chi connectivity index (χ0) is 21.1. The van der Waals surface area contributed by atoms with Crippen molar-refractivity contribution < 1.29 is 0 Å². The van der Waals surface area contributed by atoms with Crippen LogP contribution in [0.15, 0.2) is 36.4 Å². The Morgan fingerprint density at radius 2 is 1.45 bits per heavy atom. The number of rotatable bonds is 0. The van der Waals surface area contributed by atoms with Gasteiger partial charge < -0.3 is 8.80 Å². The molecule has 3 nitrogen and oxygen atoms in total.